The predicted molar refractivity (Wildman–Crippen MR) is 76.3 cm³/mol. The second-order valence-electron chi connectivity index (χ2n) is 4.04. The normalized spacial score (nSPS) is 10.4. The number of benzene rings is 1. The number of hydrogen-bond donors (Lipinski definition) is 1. The molecule has 0 unspecified atom stereocenters. The number of carbonyl (C=O) groups is 1. The molecule has 2 rings (SSSR count). The Hall–Kier alpha value is -1.33. The van der Waals surface area contributed by atoms with Gasteiger partial charge in [0.1, 0.15) is 0 Å². The van der Waals surface area contributed by atoms with Gasteiger partial charge in [-0.05, 0) is 19.1 Å². The maximum absolute atomic E-state index is 12.3. The van der Waals surface area contributed by atoms with E-state index in [0.717, 1.165) is 10.6 Å². The SMILES string of the molecule is Cc1ncsc1CN(C)C(=O)c1ccccc1S. The first-order valence-electron chi connectivity index (χ1n) is 5.52. The van der Waals surface area contributed by atoms with Crippen LogP contribution in [-0.2, 0) is 6.54 Å². The molecule has 0 bridgehead atoms. The van der Waals surface area contributed by atoms with Crippen molar-refractivity contribution in [2.24, 2.45) is 0 Å². The molecule has 5 heteroatoms. The molecule has 0 saturated heterocycles. The third kappa shape index (κ3) is 2.73. The molecule has 18 heavy (non-hydrogen) atoms. The maximum Gasteiger partial charge on any atom is 0.255 e. The van der Waals surface area contributed by atoms with Crippen molar-refractivity contribution < 1.29 is 4.79 Å². The number of aromatic nitrogens is 1. The van der Waals surface area contributed by atoms with Crippen molar-refractivity contribution in [3.8, 4) is 0 Å². The molecular weight excluding hydrogens is 264 g/mol. The van der Waals surface area contributed by atoms with Gasteiger partial charge in [0.05, 0.1) is 23.3 Å². The van der Waals surface area contributed by atoms with Crippen LogP contribution >= 0.6 is 24.0 Å². The van der Waals surface area contributed by atoms with Gasteiger partial charge in [-0.2, -0.15) is 0 Å². The van der Waals surface area contributed by atoms with Crippen LogP contribution in [0.15, 0.2) is 34.7 Å². The Morgan fingerprint density at radius 3 is 2.78 bits per heavy atom. The van der Waals surface area contributed by atoms with Crippen LogP contribution in [0.25, 0.3) is 0 Å². The van der Waals surface area contributed by atoms with Crippen molar-refractivity contribution in [3.63, 3.8) is 0 Å². The molecule has 0 N–H and O–H groups in total. The molecule has 1 amide bonds. The summed E-state index contributed by atoms with van der Waals surface area (Å²) < 4.78 is 0. The van der Waals surface area contributed by atoms with E-state index in [-0.39, 0.29) is 5.91 Å². The first-order valence-corrected chi connectivity index (χ1v) is 6.84. The molecule has 1 heterocycles. The van der Waals surface area contributed by atoms with Crippen LogP contribution in [0.3, 0.4) is 0 Å². The molecule has 0 atom stereocenters. The molecule has 0 spiro atoms. The number of hydrogen-bond acceptors (Lipinski definition) is 4. The molecule has 1 aromatic carbocycles. The lowest BCUT2D eigenvalue weighted by molar-refractivity contribution is 0.0783. The highest BCUT2D eigenvalue weighted by Gasteiger charge is 2.15. The Morgan fingerprint density at radius 2 is 2.17 bits per heavy atom. The van der Waals surface area contributed by atoms with Gasteiger partial charge in [0.2, 0.25) is 0 Å². The highest BCUT2D eigenvalue weighted by atomic mass is 32.1. The highest BCUT2D eigenvalue weighted by molar-refractivity contribution is 7.80. The monoisotopic (exact) mass is 278 g/mol. The van der Waals surface area contributed by atoms with E-state index < -0.39 is 0 Å². The molecule has 0 saturated carbocycles. The third-order valence-corrected chi connectivity index (χ3v) is 4.02. The number of aryl methyl sites for hydroxylation is 1. The fourth-order valence-corrected chi connectivity index (χ4v) is 2.71. The van der Waals surface area contributed by atoms with Crippen molar-refractivity contribution >= 4 is 29.9 Å². The Kier molecular flexibility index (Phi) is 4.04. The van der Waals surface area contributed by atoms with Crippen molar-refractivity contribution in [3.05, 3.63) is 45.9 Å². The zero-order valence-electron chi connectivity index (χ0n) is 10.3. The Labute approximate surface area is 116 Å². The predicted octanol–water partition coefficient (Wildman–Crippen LogP) is 3.01. The van der Waals surface area contributed by atoms with Crippen molar-refractivity contribution in [1.82, 2.24) is 9.88 Å². The number of amides is 1. The van der Waals surface area contributed by atoms with E-state index in [0.29, 0.717) is 17.0 Å². The van der Waals surface area contributed by atoms with Crippen molar-refractivity contribution in [2.45, 2.75) is 18.4 Å². The van der Waals surface area contributed by atoms with Crippen LogP contribution in [0.2, 0.25) is 0 Å². The van der Waals surface area contributed by atoms with Gasteiger partial charge in [0, 0.05) is 16.8 Å². The molecule has 2 aromatic rings. The molecule has 0 fully saturated rings. The molecular formula is C13H14N2OS2. The highest BCUT2D eigenvalue weighted by Crippen LogP contribution is 2.18. The van der Waals surface area contributed by atoms with E-state index in [2.05, 4.69) is 17.6 Å². The minimum atomic E-state index is -0.0200. The van der Waals surface area contributed by atoms with Crippen LogP contribution in [0.5, 0.6) is 0 Å². The van der Waals surface area contributed by atoms with E-state index in [1.165, 1.54) is 0 Å². The summed E-state index contributed by atoms with van der Waals surface area (Å²) >= 11 is 5.88. The zero-order chi connectivity index (χ0) is 13.1. The van der Waals surface area contributed by atoms with Crippen molar-refractivity contribution in [1.29, 1.82) is 0 Å². The molecule has 0 aliphatic rings. The molecule has 3 nitrogen and oxygen atoms in total. The second kappa shape index (κ2) is 5.54. The van der Waals surface area contributed by atoms with Gasteiger partial charge in [0.25, 0.3) is 5.91 Å². The first kappa shape index (κ1) is 13.1. The molecule has 1 aromatic heterocycles. The number of rotatable bonds is 3. The molecule has 0 radical (unpaired) electrons. The van der Waals surface area contributed by atoms with Crippen LogP contribution in [0, 0.1) is 6.92 Å². The average molecular weight is 278 g/mol. The number of thiol groups is 1. The first-order chi connectivity index (χ1) is 8.59. The van der Waals surface area contributed by atoms with E-state index in [4.69, 9.17) is 0 Å². The summed E-state index contributed by atoms with van der Waals surface area (Å²) in [4.78, 5) is 20.0. The van der Waals surface area contributed by atoms with Gasteiger partial charge in [-0.25, -0.2) is 4.98 Å². The summed E-state index contributed by atoms with van der Waals surface area (Å²) in [6.07, 6.45) is 0. The lowest BCUT2D eigenvalue weighted by Gasteiger charge is -2.17. The van der Waals surface area contributed by atoms with Crippen LogP contribution < -0.4 is 0 Å². The van der Waals surface area contributed by atoms with Gasteiger partial charge >= 0.3 is 0 Å². The fourth-order valence-electron chi connectivity index (χ4n) is 1.63. The van der Waals surface area contributed by atoms with Crippen molar-refractivity contribution in [2.75, 3.05) is 7.05 Å². The van der Waals surface area contributed by atoms with Gasteiger partial charge in [-0.3, -0.25) is 4.79 Å². The standard InChI is InChI=1S/C13H14N2OS2/c1-9-12(18-8-14-9)7-15(2)13(16)10-5-3-4-6-11(10)17/h3-6,8,17H,7H2,1-2H3. The Bertz CT molecular complexity index is 566. The van der Waals surface area contributed by atoms with E-state index in [1.807, 2.05) is 25.1 Å². The molecule has 0 aliphatic heterocycles. The summed E-state index contributed by atoms with van der Waals surface area (Å²) in [5.41, 5.74) is 3.42. The third-order valence-electron chi connectivity index (χ3n) is 2.71. The minimum absolute atomic E-state index is 0.0200. The Balaban J connectivity index is 2.15. The lowest BCUT2D eigenvalue weighted by Crippen LogP contribution is -2.26. The minimum Gasteiger partial charge on any atom is -0.336 e. The summed E-state index contributed by atoms with van der Waals surface area (Å²) in [5, 5.41) is 0. The molecule has 0 aliphatic carbocycles. The zero-order valence-corrected chi connectivity index (χ0v) is 12.0. The average Bonchev–Trinajstić information content (AvgIpc) is 2.75. The number of carbonyl (C=O) groups excluding carboxylic acids is 1. The van der Waals surface area contributed by atoms with Gasteiger partial charge in [-0.1, -0.05) is 12.1 Å². The summed E-state index contributed by atoms with van der Waals surface area (Å²) in [5.74, 6) is -0.0200. The van der Waals surface area contributed by atoms with Gasteiger partial charge in [0.15, 0.2) is 0 Å². The topological polar surface area (TPSA) is 33.2 Å². The maximum atomic E-state index is 12.3. The quantitative estimate of drug-likeness (QED) is 0.876. The Morgan fingerprint density at radius 1 is 1.44 bits per heavy atom. The number of thiazole rings is 1. The van der Waals surface area contributed by atoms with Crippen LogP contribution in [0.4, 0.5) is 0 Å². The fraction of sp³-hybridized carbons (Fsp3) is 0.231. The van der Waals surface area contributed by atoms with E-state index in [1.54, 1.807) is 34.9 Å². The van der Waals surface area contributed by atoms with E-state index >= 15 is 0 Å². The van der Waals surface area contributed by atoms with Crippen LogP contribution in [0.1, 0.15) is 20.9 Å². The number of nitrogens with zero attached hydrogens (tertiary/aromatic N) is 2. The van der Waals surface area contributed by atoms with Crippen LogP contribution in [-0.4, -0.2) is 22.8 Å². The second-order valence-corrected chi connectivity index (χ2v) is 5.46. The lowest BCUT2D eigenvalue weighted by atomic mass is 10.2. The van der Waals surface area contributed by atoms with Gasteiger partial charge in [-0.15, -0.1) is 24.0 Å². The smallest absolute Gasteiger partial charge is 0.255 e. The summed E-state index contributed by atoms with van der Waals surface area (Å²) in [6.45, 7) is 2.54. The largest absolute Gasteiger partial charge is 0.336 e. The summed E-state index contributed by atoms with van der Waals surface area (Å²) in [7, 11) is 1.79. The van der Waals surface area contributed by atoms with Gasteiger partial charge < -0.3 is 4.90 Å². The van der Waals surface area contributed by atoms with E-state index in [9.17, 15) is 4.79 Å². The molecule has 94 valence electrons. The summed E-state index contributed by atoms with van der Waals surface area (Å²) in [6, 6.07) is 7.33.